The summed E-state index contributed by atoms with van der Waals surface area (Å²) in [7, 11) is 3.80. The van der Waals surface area contributed by atoms with Gasteiger partial charge in [0.1, 0.15) is 12.3 Å². The van der Waals surface area contributed by atoms with Crippen molar-refractivity contribution in [3.63, 3.8) is 0 Å². The zero-order valence-electron chi connectivity index (χ0n) is 12.5. The Labute approximate surface area is 129 Å². The molecule has 0 N–H and O–H groups in total. The third-order valence-electron chi connectivity index (χ3n) is 3.66. The lowest BCUT2D eigenvalue weighted by Gasteiger charge is -2.13. The molecule has 4 heteroatoms. The maximum Gasteiger partial charge on any atom is 0.207 e. The van der Waals surface area contributed by atoms with Crippen molar-refractivity contribution in [2.45, 2.75) is 18.4 Å². The van der Waals surface area contributed by atoms with Crippen LogP contribution in [0.15, 0.2) is 52.5 Å². The molecule has 0 saturated carbocycles. The average molecular weight is 299 g/mol. The number of aromatic nitrogens is 1. The number of aryl methyl sites for hydroxylation is 1. The highest BCUT2D eigenvalue weighted by Crippen LogP contribution is 2.46. The lowest BCUT2D eigenvalue weighted by molar-refractivity contribution is -0.695. The SMILES string of the molecule is CC[n+]1ccccc1/C=C1\Sc2ccc(OC)cc2N1C. The zero-order chi connectivity index (χ0) is 14.8. The van der Waals surface area contributed by atoms with E-state index in [0.717, 1.165) is 12.3 Å². The van der Waals surface area contributed by atoms with E-state index in [1.807, 2.05) is 6.07 Å². The Morgan fingerprint density at radius 1 is 1.29 bits per heavy atom. The van der Waals surface area contributed by atoms with Crippen LogP contribution in [0.25, 0.3) is 6.08 Å². The lowest BCUT2D eigenvalue weighted by Crippen LogP contribution is -2.35. The second-order valence-electron chi connectivity index (χ2n) is 4.89. The molecular weight excluding hydrogens is 280 g/mol. The molecule has 21 heavy (non-hydrogen) atoms. The fraction of sp³-hybridized carbons (Fsp3) is 0.235. The van der Waals surface area contributed by atoms with E-state index in [0.29, 0.717) is 0 Å². The summed E-state index contributed by atoms with van der Waals surface area (Å²) in [4.78, 5) is 3.48. The van der Waals surface area contributed by atoms with Crippen LogP contribution in [0.1, 0.15) is 12.6 Å². The third-order valence-corrected chi connectivity index (χ3v) is 4.83. The predicted octanol–water partition coefficient (Wildman–Crippen LogP) is 3.54. The second kappa shape index (κ2) is 5.82. The van der Waals surface area contributed by atoms with Crippen molar-refractivity contribution in [2.75, 3.05) is 19.1 Å². The van der Waals surface area contributed by atoms with Crippen molar-refractivity contribution in [1.82, 2.24) is 0 Å². The van der Waals surface area contributed by atoms with Gasteiger partial charge in [-0.15, -0.1) is 0 Å². The summed E-state index contributed by atoms with van der Waals surface area (Å²) in [5.74, 6) is 0.894. The summed E-state index contributed by atoms with van der Waals surface area (Å²) in [6, 6.07) is 12.5. The minimum absolute atomic E-state index is 0.894. The first-order chi connectivity index (χ1) is 10.2. The molecule has 1 aliphatic rings. The molecule has 0 atom stereocenters. The van der Waals surface area contributed by atoms with Crippen molar-refractivity contribution in [3.05, 3.63) is 53.3 Å². The Morgan fingerprint density at radius 3 is 2.90 bits per heavy atom. The normalized spacial score (nSPS) is 15.4. The van der Waals surface area contributed by atoms with E-state index in [-0.39, 0.29) is 0 Å². The van der Waals surface area contributed by atoms with Crippen LogP contribution < -0.4 is 14.2 Å². The smallest absolute Gasteiger partial charge is 0.207 e. The monoisotopic (exact) mass is 299 g/mol. The van der Waals surface area contributed by atoms with Crippen molar-refractivity contribution >= 4 is 23.5 Å². The molecule has 3 nitrogen and oxygen atoms in total. The van der Waals surface area contributed by atoms with Crippen molar-refractivity contribution in [2.24, 2.45) is 0 Å². The largest absolute Gasteiger partial charge is 0.497 e. The number of hydrogen-bond donors (Lipinski definition) is 0. The van der Waals surface area contributed by atoms with Gasteiger partial charge in [0.05, 0.1) is 17.8 Å². The van der Waals surface area contributed by atoms with Crippen LogP contribution in [0.3, 0.4) is 0 Å². The Morgan fingerprint density at radius 2 is 2.14 bits per heavy atom. The highest BCUT2D eigenvalue weighted by molar-refractivity contribution is 8.03. The van der Waals surface area contributed by atoms with Gasteiger partial charge in [-0.05, 0) is 25.1 Å². The van der Waals surface area contributed by atoms with Crippen molar-refractivity contribution in [1.29, 1.82) is 0 Å². The summed E-state index contributed by atoms with van der Waals surface area (Å²) in [6.07, 6.45) is 4.35. The first kappa shape index (κ1) is 14.0. The molecule has 2 aromatic rings. The molecule has 2 heterocycles. The van der Waals surface area contributed by atoms with Gasteiger partial charge in [0, 0.05) is 36.2 Å². The fourth-order valence-corrected chi connectivity index (χ4v) is 3.51. The second-order valence-corrected chi connectivity index (χ2v) is 5.95. The number of hydrogen-bond acceptors (Lipinski definition) is 3. The quantitative estimate of drug-likeness (QED) is 0.807. The summed E-state index contributed by atoms with van der Waals surface area (Å²) in [5.41, 5.74) is 2.42. The molecule has 108 valence electrons. The zero-order valence-corrected chi connectivity index (χ0v) is 13.4. The molecule has 0 saturated heterocycles. The molecule has 1 aromatic heterocycles. The van der Waals surface area contributed by atoms with Crippen LogP contribution in [0, 0.1) is 0 Å². The number of thioether (sulfide) groups is 1. The van der Waals surface area contributed by atoms with E-state index >= 15 is 0 Å². The van der Waals surface area contributed by atoms with Gasteiger partial charge in [0.15, 0.2) is 6.20 Å². The molecule has 0 aliphatic carbocycles. The number of nitrogens with zero attached hydrogens (tertiary/aromatic N) is 2. The number of benzene rings is 1. The number of anilines is 1. The molecule has 0 spiro atoms. The van der Waals surface area contributed by atoms with Crippen LogP contribution >= 0.6 is 11.8 Å². The van der Waals surface area contributed by atoms with E-state index in [4.69, 9.17) is 4.74 Å². The van der Waals surface area contributed by atoms with Crippen molar-refractivity contribution in [3.8, 4) is 5.75 Å². The van der Waals surface area contributed by atoms with Gasteiger partial charge in [0.25, 0.3) is 0 Å². The van der Waals surface area contributed by atoms with Crippen LogP contribution in [-0.2, 0) is 6.54 Å². The third kappa shape index (κ3) is 2.63. The summed E-state index contributed by atoms with van der Waals surface area (Å²) in [6.45, 7) is 3.13. The minimum Gasteiger partial charge on any atom is -0.497 e. The first-order valence-corrected chi connectivity index (χ1v) is 7.84. The Kier molecular flexibility index (Phi) is 3.88. The van der Waals surface area contributed by atoms with E-state index in [2.05, 4.69) is 66.0 Å². The average Bonchev–Trinajstić information content (AvgIpc) is 2.83. The molecular formula is C17H19N2OS+. The van der Waals surface area contributed by atoms with Gasteiger partial charge < -0.3 is 9.64 Å². The molecule has 0 fully saturated rings. The first-order valence-electron chi connectivity index (χ1n) is 7.02. The number of ether oxygens (including phenoxy) is 1. The molecule has 0 unspecified atom stereocenters. The van der Waals surface area contributed by atoms with Crippen LogP contribution in [0.2, 0.25) is 0 Å². The van der Waals surface area contributed by atoms with Gasteiger partial charge >= 0.3 is 0 Å². The molecule has 0 amide bonds. The fourth-order valence-electron chi connectivity index (χ4n) is 2.43. The Balaban J connectivity index is 1.97. The highest BCUT2D eigenvalue weighted by atomic mass is 32.2. The Hall–Kier alpha value is -1.94. The topological polar surface area (TPSA) is 16.4 Å². The van der Waals surface area contributed by atoms with E-state index < -0.39 is 0 Å². The highest BCUT2D eigenvalue weighted by Gasteiger charge is 2.23. The summed E-state index contributed by atoms with van der Waals surface area (Å²) < 4.78 is 7.56. The van der Waals surface area contributed by atoms with E-state index in [1.165, 1.54) is 21.3 Å². The molecule has 1 aromatic carbocycles. The molecule has 1 aliphatic heterocycles. The summed E-state index contributed by atoms with van der Waals surface area (Å²) >= 11 is 1.80. The number of fused-ring (bicyclic) bond motifs is 1. The van der Waals surface area contributed by atoms with Gasteiger partial charge in [0.2, 0.25) is 5.69 Å². The maximum atomic E-state index is 5.32. The number of pyridine rings is 1. The summed E-state index contributed by atoms with van der Waals surface area (Å²) in [5, 5.41) is 1.23. The number of methoxy groups -OCH3 is 1. The minimum atomic E-state index is 0.894. The van der Waals surface area contributed by atoms with Gasteiger partial charge in [-0.25, -0.2) is 0 Å². The molecule has 0 bridgehead atoms. The van der Waals surface area contributed by atoms with E-state index in [9.17, 15) is 0 Å². The van der Waals surface area contributed by atoms with Gasteiger partial charge in [-0.3, -0.25) is 0 Å². The molecule has 0 radical (unpaired) electrons. The predicted molar refractivity (Wildman–Crippen MR) is 87.5 cm³/mol. The number of rotatable bonds is 3. The van der Waals surface area contributed by atoms with Crippen LogP contribution in [-0.4, -0.2) is 14.2 Å². The van der Waals surface area contributed by atoms with Gasteiger partial charge in [-0.1, -0.05) is 11.8 Å². The van der Waals surface area contributed by atoms with Crippen molar-refractivity contribution < 1.29 is 9.30 Å². The van der Waals surface area contributed by atoms with Crippen LogP contribution in [0.5, 0.6) is 5.75 Å². The van der Waals surface area contributed by atoms with E-state index in [1.54, 1.807) is 18.9 Å². The lowest BCUT2D eigenvalue weighted by atomic mass is 10.2. The van der Waals surface area contributed by atoms with Crippen LogP contribution in [0.4, 0.5) is 5.69 Å². The van der Waals surface area contributed by atoms with Gasteiger partial charge in [-0.2, -0.15) is 4.57 Å². The maximum absolute atomic E-state index is 5.32. The molecule has 3 rings (SSSR count). The Bertz CT molecular complexity index is 697. The standard InChI is InChI=1S/C17H19N2OS/c1-4-19-10-6-5-7-13(19)11-17-18(2)15-12-14(20-3)8-9-16(15)21-17/h5-12H,4H2,1-3H3/q+1.